The Kier molecular flexibility index (Phi) is 4.88. The molecule has 0 aromatic heterocycles. The standard InChI is InChI=1S/C18H18O3/c1-3-17(19)14-8-10-16(11-9-14)21-18(20)12-15-7-5-4-6-13(15)2/h4-11H,3,12H2,1-2H3. The number of aryl methyl sites for hydroxylation is 1. The number of benzene rings is 2. The van der Waals surface area contributed by atoms with Gasteiger partial charge in [-0.05, 0) is 42.3 Å². The topological polar surface area (TPSA) is 43.4 Å². The minimum absolute atomic E-state index is 0.0767. The number of carbonyl (C=O) groups excluding carboxylic acids is 2. The molecule has 0 radical (unpaired) electrons. The first kappa shape index (κ1) is 15.0. The monoisotopic (exact) mass is 282 g/mol. The van der Waals surface area contributed by atoms with Gasteiger partial charge in [-0.1, -0.05) is 31.2 Å². The molecule has 0 saturated heterocycles. The zero-order valence-electron chi connectivity index (χ0n) is 12.3. The second kappa shape index (κ2) is 6.84. The summed E-state index contributed by atoms with van der Waals surface area (Å²) in [7, 11) is 0. The summed E-state index contributed by atoms with van der Waals surface area (Å²) in [4.78, 5) is 23.4. The number of esters is 1. The Bertz CT molecular complexity index is 642. The number of rotatable bonds is 5. The quantitative estimate of drug-likeness (QED) is 0.476. The fourth-order valence-electron chi connectivity index (χ4n) is 2.04. The van der Waals surface area contributed by atoms with Crippen molar-refractivity contribution in [3.8, 4) is 5.75 Å². The van der Waals surface area contributed by atoms with Crippen LogP contribution in [0.5, 0.6) is 5.75 Å². The Balaban J connectivity index is 2.00. The van der Waals surface area contributed by atoms with Crippen LogP contribution in [0.1, 0.15) is 34.8 Å². The summed E-state index contributed by atoms with van der Waals surface area (Å²) in [5.74, 6) is 0.230. The van der Waals surface area contributed by atoms with Crippen LogP contribution in [0.25, 0.3) is 0 Å². The van der Waals surface area contributed by atoms with Crippen molar-refractivity contribution in [2.24, 2.45) is 0 Å². The molecule has 0 aliphatic rings. The van der Waals surface area contributed by atoms with Crippen molar-refractivity contribution in [2.75, 3.05) is 0 Å². The summed E-state index contributed by atoms with van der Waals surface area (Å²) in [5.41, 5.74) is 2.66. The number of hydrogen-bond donors (Lipinski definition) is 0. The third-order valence-electron chi connectivity index (χ3n) is 3.33. The molecule has 3 nitrogen and oxygen atoms in total. The lowest BCUT2D eigenvalue weighted by molar-refractivity contribution is -0.133. The average molecular weight is 282 g/mol. The normalized spacial score (nSPS) is 10.2. The Hall–Kier alpha value is -2.42. The van der Waals surface area contributed by atoms with Gasteiger partial charge in [-0.25, -0.2) is 0 Å². The van der Waals surface area contributed by atoms with Crippen LogP contribution in [0.2, 0.25) is 0 Å². The van der Waals surface area contributed by atoms with Gasteiger partial charge in [-0.15, -0.1) is 0 Å². The van der Waals surface area contributed by atoms with Gasteiger partial charge in [0.25, 0.3) is 0 Å². The lowest BCUT2D eigenvalue weighted by atomic mass is 10.1. The van der Waals surface area contributed by atoms with Crippen LogP contribution in [-0.2, 0) is 11.2 Å². The van der Waals surface area contributed by atoms with Gasteiger partial charge in [0, 0.05) is 12.0 Å². The minimum atomic E-state index is -0.307. The lowest BCUT2D eigenvalue weighted by Gasteiger charge is -2.07. The second-order valence-electron chi connectivity index (χ2n) is 4.88. The molecule has 0 aliphatic heterocycles. The van der Waals surface area contributed by atoms with Gasteiger partial charge in [-0.3, -0.25) is 9.59 Å². The van der Waals surface area contributed by atoms with Crippen molar-refractivity contribution in [1.82, 2.24) is 0 Å². The van der Waals surface area contributed by atoms with Gasteiger partial charge in [0.05, 0.1) is 6.42 Å². The van der Waals surface area contributed by atoms with Gasteiger partial charge in [-0.2, -0.15) is 0 Å². The molecule has 0 saturated carbocycles. The molecule has 21 heavy (non-hydrogen) atoms. The van der Waals surface area contributed by atoms with E-state index in [4.69, 9.17) is 4.74 Å². The summed E-state index contributed by atoms with van der Waals surface area (Å²) >= 11 is 0. The molecule has 0 unspecified atom stereocenters. The molecule has 0 aliphatic carbocycles. The molecule has 0 fully saturated rings. The third-order valence-corrected chi connectivity index (χ3v) is 3.33. The molecule has 2 rings (SSSR count). The number of carbonyl (C=O) groups is 2. The molecule has 0 heterocycles. The maximum Gasteiger partial charge on any atom is 0.315 e. The highest BCUT2D eigenvalue weighted by molar-refractivity contribution is 5.95. The van der Waals surface area contributed by atoms with Crippen LogP contribution in [-0.4, -0.2) is 11.8 Å². The van der Waals surface area contributed by atoms with Crippen molar-refractivity contribution in [1.29, 1.82) is 0 Å². The zero-order chi connectivity index (χ0) is 15.2. The maximum absolute atomic E-state index is 11.9. The smallest absolute Gasteiger partial charge is 0.315 e. The second-order valence-corrected chi connectivity index (χ2v) is 4.88. The SMILES string of the molecule is CCC(=O)c1ccc(OC(=O)Cc2ccccc2C)cc1. The van der Waals surface area contributed by atoms with E-state index in [0.717, 1.165) is 11.1 Å². The van der Waals surface area contributed by atoms with E-state index in [-0.39, 0.29) is 18.2 Å². The van der Waals surface area contributed by atoms with Gasteiger partial charge >= 0.3 is 5.97 Å². The van der Waals surface area contributed by atoms with E-state index in [2.05, 4.69) is 0 Å². The van der Waals surface area contributed by atoms with Gasteiger partial charge < -0.3 is 4.74 Å². The molecule has 0 bridgehead atoms. The molecular weight excluding hydrogens is 264 g/mol. The van der Waals surface area contributed by atoms with Crippen molar-refractivity contribution in [2.45, 2.75) is 26.7 Å². The van der Waals surface area contributed by atoms with Gasteiger partial charge in [0.15, 0.2) is 5.78 Å². The molecule has 2 aromatic rings. The van der Waals surface area contributed by atoms with E-state index >= 15 is 0 Å². The predicted molar refractivity (Wildman–Crippen MR) is 81.6 cm³/mol. The molecule has 3 heteroatoms. The number of Topliss-reactive ketones (excluding diaryl/α,β-unsaturated/α-hetero) is 1. The van der Waals surface area contributed by atoms with Crippen molar-refractivity contribution in [3.63, 3.8) is 0 Å². The Morgan fingerprint density at radius 1 is 1.00 bits per heavy atom. The average Bonchev–Trinajstić information content (AvgIpc) is 2.49. The number of hydrogen-bond acceptors (Lipinski definition) is 3. The maximum atomic E-state index is 11.9. The minimum Gasteiger partial charge on any atom is -0.426 e. The Morgan fingerprint density at radius 3 is 2.29 bits per heavy atom. The zero-order valence-corrected chi connectivity index (χ0v) is 12.3. The molecule has 0 amide bonds. The fraction of sp³-hybridized carbons (Fsp3) is 0.222. The highest BCUT2D eigenvalue weighted by atomic mass is 16.5. The highest BCUT2D eigenvalue weighted by Crippen LogP contribution is 2.15. The van der Waals surface area contributed by atoms with E-state index < -0.39 is 0 Å². The van der Waals surface area contributed by atoms with Crippen LogP contribution in [0, 0.1) is 6.92 Å². The van der Waals surface area contributed by atoms with Crippen LogP contribution >= 0.6 is 0 Å². The van der Waals surface area contributed by atoms with Crippen molar-refractivity contribution < 1.29 is 14.3 Å². The molecule has 108 valence electrons. The largest absolute Gasteiger partial charge is 0.426 e. The summed E-state index contributed by atoms with van der Waals surface area (Å²) in [6.45, 7) is 3.78. The summed E-state index contributed by atoms with van der Waals surface area (Å²) in [6, 6.07) is 14.4. The van der Waals surface area contributed by atoms with Crippen LogP contribution in [0.4, 0.5) is 0 Å². The number of ketones is 1. The lowest BCUT2D eigenvalue weighted by Crippen LogP contribution is -2.12. The van der Waals surface area contributed by atoms with E-state index in [1.807, 2.05) is 38.1 Å². The van der Waals surface area contributed by atoms with Crippen molar-refractivity contribution in [3.05, 3.63) is 65.2 Å². The summed E-state index contributed by atoms with van der Waals surface area (Å²) in [6.07, 6.45) is 0.703. The summed E-state index contributed by atoms with van der Waals surface area (Å²) in [5, 5.41) is 0. The van der Waals surface area contributed by atoms with Crippen LogP contribution in [0.3, 0.4) is 0 Å². The third kappa shape index (κ3) is 4.02. The first-order valence-corrected chi connectivity index (χ1v) is 6.98. The van der Waals surface area contributed by atoms with Gasteiger partial charge in [0.2, 0.25) is 0 Å². The van der Waals surface area contributed by atoms with E-state index in [0.29, 0.717) is 17.7 Å². The molecule has 0 spiro atoms. The molecule has 2 aromatic carbocycles. The van der Waals surface area contributed by atoms with E-state index in [1.165, 1.54) is 0 Å². The van der Waals surface area contributed by atoms with E-state index in [1.54, 1.807) is 24.3 Å². The summed E-state index contributed by atoms with van der Waals surface area (Å²) < 4.78 is 5.29. The first-order chi connectivity index (χ1) is 10.1. The molecular formula is C18H18O3. The molecule has 0 atom stereocenters. The molecule has 0 N–H and O–H groups in total. The Morgan fingerprint density at radius 2 is 1.67 bits per heavy atom. The van der Waals surface area contributed by atoms with Crippen molar-refractivity contribution >= 4 is 11.8 Å². The van der Waals surface area contributed by atoms with Crippen LogP contribution in [0.15, 0.2) is 48.5 Å². The van der Waals surface area contributed by atoms with E-state index in [9.17, 15) is 9.59 Å². The van der Waals surface area contributed by atoms with Crippen LogP contribution < -0.4 is 4.74 Å². The number of ether oxygens (including phenoxy) is 1. The van der Waals surface area contributed by atoms with Gasteiger partial charge in [0.1, 0.15) is 5.75 Å². The predicted octanol–water partition coefficient (Wildman–Crippen LogP) is 3.74. The first-order valence-electron chi connectivity index (χ1n) is 6.98. The Labute approximate surface area is 124 Å². The highest BCUT2D eigenvalue weighted by Gasteiger charge is 2.09. The fourth-order valence-corrected chi connectivity index (χ4v) is 2.04.